The number of rotatable bonds is 6. The maximum Gasteiger partial charge on any atom is 0.261 e. The van der Waals surface area contributed by atoms with E-state index in [4.69, 9.17) is 21.1 Å². The fourth-order valence-corrected chi connectivity index (χ4v) is 2.40. The molecule has 6 nitrogen and oxygen atoms in total. The van der Waals surface area contributed by atoms with Crippen LogP contribution in [0.25, 0.3) is 0 Å². The number of anilines is 1. The van der Waals surface area contributed by atoms with Crippen LogP contribution in [-0.2, 0) is 0 Å². The van der Waals surface area contributed by atoms with Crippen molar-refractivity contribution in [2.45, 2.75) is 6.92 Å². The van der Waals surface area contributed by atoms with Gasteiger partial charge in [-0.2, -0.15) is 0 Å². The van der Waals surface area contributed by atoms with Crippen molar-refractivity contribution in [2.75, 3.05) is 11.9 Å². The van der Waals surface area contributed by atoms with Gasteiger partial charge in [-0.1, -0.05) is 11.6 Å². The van der Waals surface area contributed by atoms with Gasteiger partial charge in [0, 0.05) is 17.4 Å². The van der Waals surface area contributed by atoms with Crippen LogP contribution in [0.15, 0.2) is 61.1 Å². The summed E-state index contributed by atoms with van der Waals surface area (Å²) in [4.78, 5) is 20.8. The molecule has 3 aromatic rings. The highest BCUT2D eigenvalue weighted by molar-refractivity contribution is 6.31. The Kier molecular flexibility index (Phi) is 5.66. The first-order valence-electron chi connectivity index (χ1n) is 7.94. The number of carbonyl (C=O) groups excluding carboxylic acids is 1. The maximum absolute atomic E-state index is 12.7. The van der Waals surface area contributed by atoms with Crippen molar-refractivity contribution >= 4 is 23.2 Å². The van der Waals surface area contributed by atoms with Crippen LogP contribution in [0, 0.1) is 0 Å². The average molecular weight is 370 g/mol. The van der Waals surface area contributed by atoms with Gasteiger partial charge in [0.2, 0.25) is 5.88 Å². The first-order valence-corrected chi connectivity index (χ1v) is 8.31. The average Bonchev–Trinajstić information content (AvgIpc) is 2.65. The van der Waals surface area contributed by atoms with E-state index in [9.17, 15) is 4.79 Å². The molecule has 0 spiro atoms. The minimum atomic E-state index is -0.375. The standard InChI is InChI=1S/C19H16ClN3O3/c1-2-25-19-15(6-4-10-22-19)18(24)23-16-11-13(20)7-8-17(16)26-14-5-3-9-21-12-14/h3-12H,2H2,1H3,(H,23,24). The van der Waals surface area contributed by atoms with E-state index in [1.807, 2.05) is 6.92 Å². The molecule has 0 aliphatic carbocycles. The lowest BCUT2D eigenvalue weighted by Crippen LogP contribution is -2.15. The summed E-state index contributed by atoms with van der Waals surface area (Å²) in [5.41, 5.74) is 0.749. The fourth-order valence-electron chi connectivity index (χ4n) is 2.23. The molecule has 7 heteroatoms. The van der Waals surface area contributed by atoms with Crippen LogP contribution >= 0.6 is 11.6 Å². The monoisotopic (exact) mass is 369 g/mol. The number of amides is 1. The van der Waals surface area contributed by atoms with Gasteiger partial charge in [0.1, 0.15) is 11.3 Å². The number of pyridine rings is 2. The van der Waals surface area contributed by atoms with Crippen molar-refractivity contribution in [3.63, 3.8) is 0 Å². The zero-order chi connectivity index (χ0) is 18.4. The molecular formula is C19H16ClN3O3. The number of hydrogen-bond acceptors (Lipinski definition) is 5. The first-order chi connectivity index (χ1) is 12.7. The molecule has 0 saturated heterocycles. The van der Waals surface area contributed by atoms with E-state index < -0.39 is 0 Å². The topological polar surface area (TPSA) is 73.3 Å². The summed E-state index contributed by atoms with van der Waals surface area (Å²) in [7, 11) is 0. The SMILES string of the molecule is CCOc1ncccc1C(=O)Nc1cc(Cl)ccc1Oc1cccnc1. The molecule has 0 aliphatic rings. The molecule has 132 valence electrons. The van der Waals surface area contributed by atoms with Crippen LogP contribution < -0.4 is 14.8 Å². The van der Waals surface area contributed by atoms with E-state index >= 15 is 0 Å². The lowest BCUT2D eigenvalue weighted by atomic mass is 10.2. The van der Waals surface area contributed by atoms with E-state index in [2.05, 4.69) is 15.3 Å². The van der Waals surface area contributed by atoms with Crippen molar-refractivity contribution in [3.8, 4) is 17.4 Å². The molecule has 0 fully saturated rings. The van der Waals surface area contributed by atoms with E-state index in [-0.39, 0.29) is 11.8 Å². The molecule has 0 unspecified atom stereocenters. The second-order valence-electron chi connectivity index (χ2n) is 5.17. The predicted molar refractivity (Wildman–Crippen MR) is 99.1 cm³/mol. The quantitative estimate of drug-likeness (QED) is 0.688. The molecule has 0 bridgehead atoms. The van der Waals surface area contributed by atoms with E-state index in [0.717, 1.165) is 0 Å². The number of aromatic nitrogens is 2. The minimum Gasteiger partial charge on any atom is -0.477 e. The van der Waals surface area contributed by atoms with Crippen LogP contribution in [0.5, 0.6) is 17.4 Å². The zero-order valence-electron chi connectivity index (χ0n) is 14.0. The van der Waals surface area contributed by atoms with Gasteiger partial charge < -0.3 is 14.8 Å². The zero-order valence-corrected chi connectivity index (χ0v) is 14.7. The third kappa shape index (κ3) is 4.29. The molecule has 3 rings (SSSR count). The Bertz CT molecular complexity index is 904. The number of hydrogen-bond donors (Lipinski definition) is 1. The molecule has 1 aromatic carbocycles. The van der Waals surface area contributed by atoms with Gasteiger partial charge in [-0.25, -0.2) is 4.98 Å². The van der Waals surface area contributed by atoms with Gasteiger partial charge in [0.05, 0.1) is 18.5 Å². The second-order valence-corrected chi connectivity index (χ2v) is 5.61. The van der Waals surface area contributed by atoms with Gasteiger partial charge in [0.25, 0.3) is 5.91 Å². The smallest absolute Gasteiger partial charge is 0.261 e. The highest BCUT2D eigenvalue weighted by Gasteiger charge is 2.16. The predicted octanol–water partition coefficient (Wildman–Crippen LogP) is 4.57. The number of halogens is 1. The Morgan fingerprint density at radius 3 is 2.81 bits per heavy atom. The van der Waals surface area contributed by atoms with Crippen molar-refractivity contribution in [3.05, 3.63) is 71.6 Å². The first kappa shape index (κ1) is 17.7. The Morgan fingerprint density at radius 2 is 2.04 bits per heavy atom. The van der Waals surface area contributed by atoms with Crippen LogP contribution in [0.1, 0.15) is 17.3 Å². The van der Waals surface area contributed by atoms with Gasteiger partial charge in [-0.05, 0) is 49.4 Å². The van der Waals surface area contributed by atoms with Crippen LogP contribution in [0.3, 0.4) is 0 Å². The van der Waals surface area contributed by atoms with Crippen molar-refractivity contribution in [2.24, 2.45) is 0 Å². The lowest BCUT2D eigenvalue weighted by molar-refractivity contribution is 0.102. The highest BCUT2D eigenvalue weighted by Crippen LogP contribution is 2.32. The number of nitrogens with zero attached hydrogens (tertiary/aromatic N) is 2. The third-order valence-corrected chi connectivity index (χ3v) is 3.58. The normalized spacial score (nSPS) is 10.2. The van der Waals surface area contributed by atoms with Gasteiger partial charge in [-0.3, -0.25) is 9.78 Å². The summed E-state index contributed by atoms with van der Waals surface area (Å²) >= 11 is 6.07. The van der Waals surface area contributed by atoms with E-state index in [0.29, 0.717) is 34.4 Å². The number of benzene rings is 1. The van der Waals surface area contributed by atoms with E-state index in [1.54, 1.807) is 61.1 Å². The second kappa shape index (κ2) is 8.31. The molecule has 0 radical (unpaired) electrons. The van der Waals surface area contributed by atoms with Gasteiger partial charge in [0.15, 0.2) is 5.75 Å². The number of nitrogens with one attached hydrogen (secondary N) is 1. The van der Waals surface area contributed by atoms with Crippen LogP contribution in [0.2, 0.25) is 5.02 Å². The molecular weight excluding hydrogens is 354 g/mol. The van der Waals surface area contributed by atoms with Gasteiger partial charge in [-0.15, -0.1) is 0 Å². The Balaban J connectivity index is 1.87. The molecule has 1 amide bonds. The third-order valence-electron chi connectivity index (χ3n) is 3.35. The van der Waals surface area contributed by atoms with Gasteiger partial charge >= 0.3 is 0 Å². The molecule has 0 atom stereocenters. The Morgan fingerprint density at radius 1 is 1.19 bits per heavy atom. The van der Waals surface area contributed by atoms with Crippen molar-refractivity contribution in [1.82, 2.24) is 9.97 Å². The van der Waals surface area contributed by atoms with Crippen LogP contribution in [-0.4, -0.2) is 22.5 Å². The molecule has 0 aliphatic heterocycles. The van der Waals surface area contributed by atoms with Crippen molar-refractivity contribution < 1.29 is 14.3 Å². The highest BCUT2D eigenvalue weighted by atomic mass is 35.5. The molecule has 2 heterocycles. The van der Waals surface area contributed by atoms with Crippen LogP contribution in [0.4, 0.5) is 5.69 Å². The number of ether oxygens (including phenoxy) is 2. The van der Waals surface area contributed by atoms with Crippen molar-refractivity contribution in [1.29, 1.82) is 0 Å². The summed E-state index contributed by atoms with van der Waals surface area (Å²) in [6.45, 7) is 2.23. The molecule has 26 heavy (non-hydrogen) atoms. The molecule has 0 saturated carbocycles. The lowest BCUT2D eigenvalue weighted by Gasteiger charge is -2.13. The Labute approximate surface area is 155 Å². The minimum absolute atomic E-state index is 0.268. The number of carbonyl (C=O) groups is 1. The summed E-state index contributed by atoms with van der Waals surface area (Å²) in [6.07, 6.45) is 4.79. The fraction of sp³-hybridized carbons (Fsp3) is 0.105. The summed E-state index contributed by atoms with van der Waals surface area (Å²) < 4.78 is 11.2. The summed E-state index contributed by atoms with van der Waals surface area (Å²) in [5.74, 6) is 0.878. The summed E-state index contributed by atoms with van der Waals surface area (Å²) in [5, 5.41) is 3.27. The molecule has 1 N–H and O–H groups in total. The van der Waals surface area contributed by atoms with E-state index in [1.165, 1.54) is 0 Å². The maximum atomic E-state index is 12.7. The summed E-state index contributed by atoms with van der Waals surface area (Å²) in [6, 6.07) is 11.8. The molecule has 2 aromatic heterocycles. The largest absolute Gasteiger partial charge is 0.477 e. The Hall–Kier alpha value is -3.12.